The Balaban J connectivity index is 2.21. The average molecular weight is 392 g/mol. The van der Waals surface area contributed by atoms with Crippen molar-refractivity contribution in [1.29, 1.82) is 0 Å². The zero-order chi connectivity index (χ0) is 20.0. The highest BCUT2D eigenvalue weighted by Crippen LogP contribution is 2.35. The molecule has 0 aliphatic heterocycles. The summed E-state index contributed by atoms with van der Waals surface area (Å²) in [5.74, 6) is -2.03. The van der Waals surface area contributed by atoms with E-state index in [2.05, 4.69) is 10.6 Å². The molecule has 0 saturated carbocycles. The Labute approximate surface area is 159 Å². The number of aliphatic hydroxyl groups is 1. The number of carbonyl (C=O) groups excluding carboxylic acids is 2. The minimum absolute atomic E-state index is 0.185. The number of carboxylic acids is 1. The van der Waals surface area contributed by atoms with Crippen LogP contribution in [-0.4, -0.2) is 46.9 Å². The lowest BCUT2D eigenvalue weighted by Gasteiger charge is -2.18. The highest BCUT2D eigenvalue weighted by Gasteiger charge is 2.30. The molecule has 4 N–H and O–H groups in total. The van der Waals surface area contributed by atoms with E-state index in [-0.39, 0.29) is 17.2 Å². The highest BCUT2D eigenvalue weighted by atomic mass is 32.1. The van der Waals surface area contributed by atoms with Gasteiger partial charge in [-0.2, -0.15) is 0 Å². The number of rotatable bonds is 7. The lowest BCUT2D eigenvalue weighted by atomic mass is 10.1. The molecule has 0 radical (unpaired) electrons. The Morgan fingerprint density at radius 1 is 1.22 bits per heavy atom. The maximum atomic E-state index is 12.2. The quantitative estimate of drug-likeness (QED) is 0.537. The van der Waals surface area contributed by atoms with Crippen LogP contribution >= 0.6 is 11.3 Å². The van der Waals surface area contributed by atoms with Crippen LogP contribution in [0.4, 0.5) is 10.5 Å². The number of benzene rings is 1. The number of carbonyl (C=O) groups is 3. The van der Waals surface area contributed by atoms with Gasteiger partial charge in [0.25, 0.3) is 0 Å². The number of hydrogen-bond donors (Lipinski definition) is 4. The minimum Gasteiger partial charge on any atom is -0.479 e. The molecule has 27 heavy (non-hydrogen) atoms. The monoisotopic (exact) mass is 392 g/mol. The number of hydrogen-bond acceptors (Lipinski definition) is 6. The molecule has 0 aliphatic carbocycles. The second-order valence-corrected chi connectivity index (χ2v) is 6.88. The zero-order valence-electron chi connectivity index (χ0n) is 14.8. The summed E-state index contributed by atoms with van der Waals surface area (Å²) in [5.41, 5.74) is -0.995. The van der Waals surface area contributed by atoms with Gasteiger partial charge in [-0.05, 0) is 25.5 Å². The molecule has 2 amide bonds. The van der Waals surface area contributed by atoms with E-state index in [0.717, 1.165) is 17.4 Å². The van der Waals surface area contributed by atoms with Crippen LogP contribution in [0.2, 0.25) is 0 Å². The SMILES string of the molecule is CCOC(=O)c1sc(-c2ccccc2)cc1NC(=O)NCC(C)(O)C(=O)O. The van der Waals surface area contributed by atoms with Gasteiger partial charge in [-0.15, -0.1) is 11.3 Å². The summed E-state index contributed by atoms with van der Waals surface area (Å²) in [4.78, 5) is 36.1. The van der Waals surface area contributed by atoms with Crippen LogP contribution in [0.15, 0.2) is 36.4 Å². The fourth-order valence-electron chi connectivity index (χ4n) is 2.07. The number of ether oxygens (including phenoxy) is 1. The van der Waals surface area contributed by atoms with Gasteiger partial charge in [0.15, 0.2) is 5.60 Å². The van der Waals surface area contributed by atoms with Crippen LogP contribution in [0.1, 0.15) is 23.5 Å². The third kappa shape index (κ3) is 5.28. The Kier molecular flexibility index (Phi) is 6.54. The van der Waals surface area contributed by atoms with Gasteiger partial charge in [-0.1, -0.05) is 30.3 Å². The van der Waals surface area contributed by atoms with Gasteiger partial charge >= 0.3 is 18.0 Å². The Morgan fingerprint density at radius 3 is 2.48 bits per heavy atom. The molecule has 0 spiro atoms. The topological polar surface area (TPSA) is 125 Å². The van der Waals surface area contributed by atoms with E-state index >= 15 is 0 Å². The van der Waals surface area contributed by atoms with Crippen molar-refractivity contribution in [2.24, 2.45) is 0 Å². The van der Waals surface area contributed by atoms with Crippen molar-refractivity contribution in [3.05, 3.63) is 41.3 Å². The van der Waals surface area contributed by atoms with Crippen molar-refractivity contribution < 1.29 is 29.3 Å². The predicted molar refractivity (Wildman–Crippen MR) is 101 cm³/mol. The first kappa shape index (κ1) is 20.4. The normalized spacial score (nSPS) is 12.7. The van der Waals surface area contributed by atoms with Crippen molar-refractivity contribution in [2.45, 2.75) is 19.4 Å². The van der Waals surface area contributed by atoms with E-state index in [4.69, 9.17) is 9.84 Å². The lowest BCUT2D eigenvalue weighted by Crippen LogP contribution is -2.47. The third-order valence-corrected chi connectivity index (χ3v) is 4.72. The number of esters is 1. The van der Waals surface area contributed by atoms with Crippen LogP contribution in [0.25, 0.3) is 10.4 Å². The summed E-state index contributed by atoms with van der Waals surface area (Å²) in [6, 6.07) is 10.2. The first-order valence-electron chi connectivity index (χ1n) is 8.11. The third-order valence-electron chi connectivity index (χ3n) is 3.55. The lowest BCUT2D eigenvalue weighted by molar-refractivity contribution is -0.155. The minimum atomic E-state index is -2.11. The van der Waals surface area contributed by atoms with Crippen LogP contribution in [0, 0.1) is 0 Å². The Morgan fingerprint density at radius 2 is 1.89 bits per heavy atom. The maximum Gasteiger partial charge on any atom is 0.350 e. The maximum absolute atomic E-state index is 12.2. The molecule has 1 aromatic heterocycles. The number of aliphatic carboxylic acids is 1. The van der Waals surface area contributed by atoms with Crippen molar-refractivity contribution >= 4 is 35.0 Å². The Hall–Kier alpha value is -2.91. The number of urea groups is 1. The van der Waals surface area contributed by atoms with Gasteiger partial charge in [-0.25, -0.2) is 14.4 Å². The second kappa shape index (κ2) is 8.65. The van der Waals surface area contributed by atoms with Crippen molar-refractivity contribution in [3.63, 3.8) is 0 Å². The number of thiophene rings is 1. The fourth-order valence-corrected chi connectivity index (χ4v) is 3.08. The fraction of sp³-hybridized carbons (Fsp3) is 0.278. The molecule has 1 heterocycles. The summed E-state index contributed by atoms with van der Waals surface area (Å²) in [6.07, 6.45) is 0. The molecule has 0 fully saturated rings. The molecular weight excluding hydrogens is 372 g/mol. The molecule has 0 aliphatic rings. The molecule has 144 valence electrons. The van der Waals surface area contributed by atoms with Gasteiger partial charge in [-0.3, -0.25) is 0 Å². The summed E-state index contributed by atoms with van der Waals surface area (Å²) in [6.45, 7) is 2.43. The number of nitrogens with one attached hydrogen (secondary N) is 2. The first-order valence-corrected chi connectivity index (χ1v) is 8.93. The molecule has 0 saturated heterocycles. The largest absolute Gasteiger partial charge is 0.479 e. The number of carboxylic acid groups (broad SMARTS) is 1. The van der Waals surface area contributed by atoms with Gasteiger partial charge in [0.2, 0.25) is 0 Å². The first-order chi connectivity index (χ1) is 12.7. The molecule has 1 unspecified atom stereocenters. The summed E-state index contributed by atoms with van der Waals surface area (Å²) in [5, 5.41) is 23.3. The molecule has 0 bridgehead atoms. The average Bonchev–Trinajstić information content (AvgIpc) is 3.05. The molecule has 1 aromatic carbocycles. The molecule has 1 atom stereocenters. The van der Waals surface area contributed by atoms with Crippen molar-refractivity contribution in [2.75, 3.05) is 18.5 Å². The standard InChI is InChI=1S/C18H20N2O6S/c1-3-26-15(21)14-12(9-13(27-14)11-7-5-4-6-8-11)20-17(24)19-10-18(2,25)16(22)23/h4-9,25H,3,10H2,1-2H3,(H,22,23)(H2,19,20,24). The second-order valence-electron chi connectivity index (χ2n) is 5.83. The zero-order valence-corrected chi connectivity index (χ0v) is 15.6. The van der Waals surface area contributed by atoms with E-state index in [1.165, 1.54) is 11.3 Å². The van der Waals surface area contributed by atoms with E-state index < -0.39 is 30.1 Å². The van der Waals surface area contributed by atoms with Gasteiger partial charge < -0.3 is 25.6 Å². The van der Waals surface area contributed by atoms with E-state index in [1.807, 2.05) is 30.3 Å². The highest BCUT2D eigenvalue weighted by molar-refractivity contribution is 7.18. The molecule has 8 nitrogen and oxygen atoms in total. The van der Waals surface area contributed by atoms with Crippen molar-refractivity contribution in [1.82, 2.24) is 5.32 Å². The summed E-state index contributed by atoms with van der Waals surface area (Å²) >= 11 is 1.17. The van der Waals surface area contributed by atoms with Gasteiger partial charge in [0.05, 0.1) is 18.8 Å². The van der Waals surface area contributed by atoms with Crippen molar-refractivity contribution in [3.8, 4) is 10.4 Å². The smallest absolute Gasteiger partial charge is 0.350 e. The number of anilines is 1. The predicted octanol–water partition coefficient (Wildman–Crippen LogP) is 2.55. The van der Waals surface area contributed by atoms with E-state index in [1.54, 1.807) is 13.0 Å². The molecule has 2 rings (SSSR count). The van der Waals surface area contributed by atoms with Gasteiger partial charge in [0, 0.05) is 4.88 Å². The molecule has 9 heteroatoms. The molecule has 2 aromatic rings. The Bertz CT molecular complexity index is 832. The van der Waals surface area contributed by atoms with Gasteiger partial charge in [0.1, 0.15) is 4.88 Å². The van der Waals surface area contributed by atoms with E-state index in [9.17, 15) is 19.5 Å². The van der Waals surface area contributed by atoms with E-state index in [0.29, 0.717) is 0 Å². The van der Waals surface area contributed by atoms with Crippen LogP contribution in [-0.2, 0) is 9.53 Å². The summed E-state index contributed by atoms with van der Waals surface area (Å²) in [7, 11) is 0. The summed E-state index contributed by atoms with van der Waals surface area (Å²) < 4.78 is 5.03. The van der Waals surface area contributed by atoms with Crippen LogP contribution in [0.3, 0.4) is 0 Å². The number of amides is 2. The molecular formula is C18H20N2O6S. The van der Waals surface area contributed by atoms with Crippen LogP contribution in [0.5, 0.6) is 0 Å². The van der Waals surface area contributed by atoms with Crippen LogP contribution < -0.4 is 10.6 Å².